The topological polar surface area (TPSA) is 71.1 Å². The van der Waals surface area contributed by atoms with Gasteiger partial charge in [0.1, 0.15) is 35.2 Å². The molecule has 2 heterocycles. The Morgan fingerprint density at radius 3 is 1.44 bits per heavy atom. The van der Waals surface area contributed by atoms with Crippen LogP contribution in [0, 0.1) is 0 Å². The van der Waals surface area contributed by atoms with Crippen molar-refractivity contribution in [2.75, 3.05) is 32.8 Å². The Labute approximate surface area is 339 Å². The van der Waals surface area contributed by atoms with E-state index in [0.29, 0.717) is 4.48 Å². The van der Waals surface area contributed by atoms with Gasteiger partial charge in [-0.1, -0.05) is 121 Å². The third-order valence-electron chi connectivity index (χ3n) is 10.0. The Hall–Kier alpha value is -5.91. The highest BCUT2D eigenvalue weighted by atomic mass is 127. The molecule has 0 saturated carbocycles. The van der Waals surface area contributed by atoms with Gasteiger partial charge < -0.3 is 38.4 Å². The van der Waals surface area contributed by atoms with E-state index in [2.05, 4.69) is 94.9 Å². The lowest BCUT2D eigenvalue weighted by Crippen LogP contribution is -3.00. The van der Waals surface area contributed by atoms with Crippen molar-refractivity contribution in [2.24, 2.45) is 20.4 Å². The summed E-state index contributed by atoms with van der Waals surface area (Å²) < 4.78 is 12.6. The van der Waals surface area contributed by atoms with Gasteiger partial charge in [0, 0.05) is 56.6 Å². The van der Waals surface area contributed by atoms with Crippen molar-refractivity contribution >= 4 is 35.2 Å². The van der Waals surface area contributed by atoms with Gasteiger partial charge in [-0.05, 0) is 12.1 Å². The quantitative estimate of drug-likeness (QED) is 0.0750. The monoisotopic (exact) mass is 836 g/mol. The number of rotatable bonds is 10. The molecule has 0 amide bonds. The van der Waals surface area contributed by atoms with E-state index in [0.717, 1.165) is 81.7 Å². The molecule has 0 aromatic heterocycles. The second kappa shape index (κ2) is 16.6. The van der Waals surface area contributed by atoms with Crippen molar-refractivity contribution in [1.29, 1.82) is 0 Å². The number of fused-ring (bicyclic) bond motifs is 6. The molecule has 0 N–H and O–H groups in total. The SMILES string of the molecule is COc1cc2c(cc1/C=N/N=C(c1ccccc1)c1ccccc1)C[N+]1(C)CN2Cc2cc(/C=N/N=C(c3ccccc3)c3ccccc3)c(OC)cc21.[I-]. The second-order valence-corrected chi connectivity index (χ2v) is 13.7. The third-order valence-corrected chi connectivity index (χ3v) is 10.0. The molecule has 6 aromatic carbocycles. The molecule has 0 spiro atoms. The zero-order valence-electron chi connectivity index (χ0n) is 31.0. The number of nitrogens with zero attached hydrogens (tertiary/aromatic N) is 6. The normalized spacial score (nSPS) is 15.4. The number of ether oxygens (including phenoxy) is 2. The number of hydrogen-bond acceptors (Lipinski definition) is 7. The molecule has 1 unspecified atom stereocenters. The minimum absolute atomic E-state index is 0. The molecule has 2 aliphatic rings. The van der Waals surface area contributed by atoms with E-state index in [-0.39, 0.29) is 24.0 Å². The summed E-state index contributed by atoms with van der Waals surface area (Å²) in [4.78, 5) is 2.43. The first-order chi connectivity index (χ1) is 26.5. The maximum atomic E-state index is 5.96. The smallest absolute Gasteiger partial charge is 0.159 e. The first-order valence-corrected chi connectivity index (χ1v) is 18.0. The van der Waals surface area contributed by atoms with E-state index in [4.69, 9.17) is 19.7 Å². The molecule has 0 fully saturated rings. The molecule has 0 aliphatic carbocycles. The number of methoxy groups -OCH3 is 2. The van der Waals surface area contributed by atoms with Crippen LogP contribution in [-0.2, 0) is 13.1 Å². The molecule has 2 aliphatic heterocycles. The van der Waals surface area contributed by atoms with E-state index in [1.165, 1.54) is 16.8 Å². The number of hydrogen-bond donors (Lipinski definition) is 0. The molecule has 9 heteroatoms. The van der Waals surface area contributed by atoms with Crippen LogP contribution >= 0.6 is 0 Å². The summed E-state index contributed by atoms with van der Waals surface area (Å²) in [5.74, 6) is 1.52. The molecule has 274 valence electrons. The Morgan fingerprint density at radius 2 is 1.00 bits per heavy atom. The maximum absolute atomic E-state index is 5.96. The van der Waals surface area contributed by atoms with Crippen LogP contribution < -0.4 is 42.8 Å². The predicted molar refractivity (Wildman–Crippen MR) is 221 cm³/mol. The summed E-state index contributed by atoms with van der Waals surface area (Å²) in [5, 5.41) is 18.7. The fraction of sp³-hybridized carbons (Fsp3) is 0.130. The first-order valence-electron chi connectivity index (χ1n) is 18.0. The molecule has 1 atom stereocenters. The Kier molecular flexibility index (Phi) is 11.3. The average Bonchev–Trinajstić information content (AvgIpc) is 3.22. The van der Waals surface area contributed by atoms with Crippen molar-refractivity contribution in [3.05, 3.63) is 190 Å². The zero-order valence-corrected chi connectivity index (χ0v) is 33.2. The zero-order chi connectivity index (χ0) is 36.9. The summed E-state index contributed by atoms with van der Waals surface area (Å²) >= 11 is 0. The van der Waals surface area contributed by atoms with Crippen molar-refractivity contribution in [2.45, 2.75) is 13.1 Å². The largest absolute Gasteiger partial charge is 1.00 e. The highest BCUT2D eigenvalue weighted by molar-refractivity contribution is 6.13. The van der Waals surface area contributed by atoms with Crippen LogP contribution in [0.2, 0.25) is 0 Å². The lowest BCUT2D eigenvalue weighted by atomic mass is 9.96. The van der Waals surface area contributed by atoms with Gasteiger partial charge in [-0.2, -0.15) is 10.2 Å². The Morgan fingerprint density at radius 1 is 0.582 bits per heavy atom. The highest BCUT2D eigenvalue weighted by Gasteiger charge is 2.42. The van der Waals surface area contributed by atoms with E-state index in [9.17, 15) is 0 Å². The molecular weight excluding hydrogens is 795 g/mol. The van der Waals surface area contributed by atoms with Crippen LogP contribution in [0.5, 0.6) is 11.5 Å². The van der Waals surface area contributed by atoms with Crippen LogP contribution in [0.1, 0.15) is 44.5 Å². The summed E-state index contributed by atoms with van der Waals surface area (Å²) in [6.45, 7) is 2.36. The fourth-order valence-electron chi connectivity index (χ4n) is 7.50. The second-order valence-electron chi connectivity index (χ2n) is 13.7. The van der Waals surface area contributed by atoms with Gasteiger partial charge in [0.05, 0.1) is 45.9 Å². The minimum atomic E-state index is 0. The summed E-state index contributed by atoms with van der Waals surface area (Å²) in [6.07, 6.45) is 3.60. The molecule has 0 saturated heterocycles. The molecule has 8 nitrogen and oxygen atoms in total. The number of quaternary nitrogens is 1. The van der Waals surface area contributed by atoms with Gasteiger partial charge in [0.25, 0.3) is 0 Å². The van der Waals surface area contributed by atoms with E-state index in [1.54, 1.807) is 26.6 Å². The molecule has 2 bridgehead atoms. The van der Waals surface area contributed by atoms with E-state index >= 15 is 0 Å². The molecule has 55 heavy (non-hydrogen) atoms. The average molecular weight is 837 g/mol. The van der Waals surface area contributed by atoms with Crippen LogP contribution in [0.4, 0.5) is 11.4 Å². The number of halogens is 1. The minimum Gasteiger partial charge on any atom is -1.00 e. The van der Waals surface area contributed by atoms with Crippen LogP contribution in [0.15, 0.2) is 166 Å². The standard InChI is InChI=1S/C46H41N6O2.HI/c1-52-31-40-25-38(29-48-50-46(35-20-12-6-13-21-35)36-22-14-7-15-23-36)43(53-2)26-41(40)51(32-52)30-39-24-37(44(54-3)27-42(39)52)28-47-49-45(33-16-8-4-9-17-33)34-18-10-5-11-19-34;/h4-29H,30-32H2,1-3H3;1H/q+1;/p-1/b47-28+,48-29+;. The molecule has 6 aromatic rings. The van der Waals surface area contributed by atoms with Gasteiger partial charge in [-0.15, -0.1) is 10.2 Å². The summed E-state index contributed by atoms with van der Waals surface area (Å²) in [5.41, 5.74) is 12.2. The fourth-order valence-corrected chi connectivity index (χ4v) is 7.50. The van der Waals surface area contributed by atoms with Gasteiger partial charge >= 0.3 is 0 Å². The molecule has 8 rings (SSSR count). The molecule has 0 radical (unpaired) electrons. The number of anilines is 1. The van der Waals surface area contributed by atoms with Gasteiger partial charge in [-0.25, -0.2) is 0 Å². The first kappa shape index (κ1) is 37.4. The summed E-state index contributed by atoms with van der Waals surface area (Å²) in [6, 6.07) is 49.3. The van der Waals surface area contributed by atoms with Gasteiger partial charge in [0.2, 0.25) is 0 Å². The van der Waals surface area contributed by atoms with Crippen LogP contribution in [0.25, 0.3) is 0 Å². The number of benzene rings is 6. The molecular formula is C46H41IN6O2. The maximum Gasteiger partial charge on any atom is 0.159 e. The van der Waals surface area contributed by atoms with Gasteiger partial charge in [0.15, 0.2) is 6.67 Å². The van der Waals surface area contributed by atoms with E-state index < -0.39 is 0 Å². The van der Waals surface area contributed by atoms with Crippen molar-refractivity contribution in [3.63, 3.8) is 0 Å². The van der Waals surface area contributed by atoms with Gasteiger partial charge in [-0.3, -0.25) is 4.48 Å². The Bertz CT molecular complexity index is 2320. The third kappa shape index (κ3) is 7.85. The van der Waals surface area contributed by atoms with Crippen molar-refractivity contribution in [3.8, 4) is 11.5 Å². The van der Waals surface area contributed by atoms with Crippen LogP contribution in [0.3, 0.4) is 0 Å². The van der Waals surface area contributed by atoms with Crippen molar-refractivity contribution < 1.29 is 33.5 Å². The highest BCUT2D eigenvalue weighted by Crippen LogP contribution is 2.45. The van der Waals surface area contributed by atoms with Crippen molar-refractivity contribution in [1.82, 2.24) is 4.48 Å². The van der Waals surface area contributed by atoms with Crippen LogP contribution in [-0.4, -0.2) is 51.8 Å². The van der Waals surface area contributed by atoms with E-state index in [1.807, 2.05) is 72.8 Å². The lowest BCUT2D eigenvalue weighted by Gasteiger charge is -2.48. The Balaban J connectivity index is 0.00000465. The summed E-state index contributed by atoms with van der Waals surface area (Å²) in [7, 11) is 5.70. The lowest BCUT2D eigenvalue weighted by molar-refractivity contribution is -0.0000113. The predicted octanol–water partition coefficient (Wildman–Crippen LogP) is 5.88.